The van der Waals surface area contributed by atoms with E-state index in [-0.39, 0.29) is 0 Å². The van der Waals surface area contributed by atoms with Crippen molar-refractivity contribution < 1.29 is 4.42 Å². The van der Waals surface area contributed by atoms with Crippen LogP contribution in [-0.4, -0.2) is 0 Å². The maximum absolute atomic E-state index is 5.63. The van der Waals surface area contributed by atoms with Crippen LogP contribution in [0, 0.1) is 0 Å². The van der Waals surface area contributed by atoms with Crippen molar-refractivity contribution in [3.8, 4) is 22.5 Å². The van der Waals surface area contributed by atoms with Crippen LogP contribution in [0.4, 0.5) is 0 Å². The zero-order valence-corrected chi connectivity index (χ0v) is 11.2. The van der Waals surface area contributed by atoms with Gasteiger partial charge in [-0.25, -0.2) is 0 Å². The highest BCUT2D eigenvalue weighted by atomic mass is 79.9. The summed E-state index contributed by atoms with van der Waals surface area (Å²) in [6, 6.07) is 20.4. The minimum absolute atomic E-state index is 0.890. The van der Waals surface area contributed by atoms with Crippen LogP contribution < -0.4 is 0 Å². The van der Waals surface area contributed by atoms with Gasteiger partial charge in [-0.1, -0.05) is 58.4 Å². The first-order chi connectivity index (χ1) is 8.83. The zero-order chi connectivity index (χ0) is 12.4. The normalized spacial score (nSPS) is 10.5. The lowest BCUT2D eigenvalue weighted by atomic mass is 10.1. The minimum atomic E-state index is 0.890. The Bertz CT molecular complexity index is 638. The Morgan fingerprint density at radius 1 is 0.722 bits per heavy atom. The molecule has 0 bridgehead atoms. The van der Waals surface area contributed by atoms with Crippen LogP contribution in [0.15, 0.2) is 75.8 Å². The quantitative estimate of drug-likeness (QED) is 0.619. The fourth-order valence-electron chi connectivity index (χ4n) is 1.88. The van der Waals surface area contributed by atoms with Crippen molar-refractivity contribution in [3.63, 3.8) is 0 Å². The van der Waals surface area contributed by atoms with Crippen molar-refractivity contribution in [1.82, 2.24) is 0 Å². The summed E-state index contributed by atoms with van der Waals surface area (Å²) in [6.07, 6.45) is 1.80. The second-order valence-corrected chi connectivity index (χ2v) is 4.99. The summed E-state index contributed by atoms with van der Waals surface area (Å²) in [4.78, 5) is 0. The van der Waals surface area contributed by atoms with E-state index in [1.54, 1.807) is 6.26 Å². The van der Waals surface area contributed by atoms with E-state index in [0.717, 1.165) is 21.4 Å². The highest BCUT2D eigenvalue weighted by Crippen LogP contribution is 2.28. The fraction of sp³-hybridized carbons (Fsp3) is 0. The van der Waals surface area contributed by atoms with Gasteiger partial charge in [-0.15, -0.1) is 0 Å². The molecule has 0 unspecified atom stereocenters. The predicted molar refractivity (Wildman–Crippen MR) is 77.3 cm³/mol. The molecule has 1 heterocycles. The SMILES string of the molecule is Brc1ccc(-c2cc(-c3ccccc3)co2)cc1. The molecular weight excluding hydrogens is 288 g/mol. The third-order valence-electron chi connectivity index (χ3n) is 2.84. The number of furan rings is 1. The number of benzene rings is 2. The monoisotopic (exact) mass is 298 g/mol. The standard InChI is InChI=1S/C16H11BrO/c17-15-8-6-13(7-9-15)16-10-14(11-18-16)12-4-2-1-3-5-12/h1-11H. The maximum Gasteiger partial charge on any atom is 0.134 e. The first-order valence-corrected chi connectivity index (χ1v) is 6.52. The summed E-state index contributed by atoms with van der Waals surface area (Å²) in [5, 5.41) is 0. The fourth-order valence-corrected chi connectivity index (χ4v) is 2.15. The lowest BCUT2D eigenvalue weighted by Crippen LogP contribution is -1.73. The highest BCUT2D eigenvalue weighted by Gasteiger charge is 2.05. The molecule has 0 saturated carbocycles. The maximum atomic E-state index is 5.63. The van der Waals surface area contributed by atoms with E-state index in [9.17, 15) is 0 Å². The predicted octanol–water partition coefficient (Wildman–Crippen LogP) is 5.38. The van der Waals surface area contributed by atoms with Crippen molar-refractivity contribution in [2.24, 2.45) is 0 Å². The summed E-state index contributed by atoms with van der Waals surface area (Å²) < 4.78 is 6.70. The van der Waals surface area contributed by atoms with Crippen molar-refractivity contribution in [3.05, 3.63) is 71.4 Å². The molecule has 0 saturated heterocycles. The Kier molecular flexibility index (Phi) is 3.03. The molecule has 3 aromatic rings. The molecule has 0 amide bonds. The molecule has 1 nitrogen and oxygen atoms in total. The lowest BCUT2D eigenvalue weighted by Gasteiger charge is -1.96. The molecule has 88 valence electrons. The molecule has 0 N–H and O–H groups in total. The lowest BCUT2D eigenvalue weighted by molar-refractivity contribution is 0.583. The van der Waals surface area contributed by atoms with Gasteiger partial charge in [0.1, 0.15) is 5.76 Å². The van der Waals surface area contributed by atoms with Gasteiger partial charge in [-0.3, -0.25) is 0 Å². The average molecular weight is 299 g/mol. The van der Waals surface area contributed by atoms with E-state index in [0.29, 0.717) is 0 Å². The van der Waals surface area contributed by atoms with Crippen molar-refractivity contribution in [2.75, 3.05) is 0 Å². The topological polar surface area (TPSA) is 13.1 Å². The summed E-state index contributed by atoms with van der Waals surface area (Å²) in [5.74, 6) is 0.890. The molecule has 3 rings (SSSR count). The molecule has 0 radical (unpaired) electrons. The molecular formula is C16H11BrO. The van der Waals surface area contributed by atoms with Gasteiger partial charge in [0.05, 0.1) is 6.26 Å². The smallest absolute Gasteiger partial charge is 0.134 e. The van der Waals surface area contributed by atoms with Crippen LogP contribution in [0.25, 0.3) is 22.5 Å². The first-order valence-electron chi connectivity index (χ1n) is 5.73. The van der Waals surface area contributed by atoms with Crippen molar-refractivity contribution >= 4 is 15.9 Å². The van der Waals surface area contributed by atoms with Gasteiger partial charge in [0.25, 0.3) is 0 Å². The van der Waals surface area contributed by atoms with Gasteiger partial charge in [-0.05, 0) is 23.8 Å². The molecule has 2 heteroatoms. The zero-order valence-electron chi connectivity index (χ0n) is 9.64. The van der Waals surface area contributed by atoms with Gasteiger partial charge >= 0.3 is 0 Å². The summed E-state index contributed by atoms with van der Waals surface area (Å²) in [6.45, 7) is 0. The van der Waals surface area contributed by atoms with Crippen LogP contribution in [0.5, 0.6) is 0 Å². The van der Waals surface area contributed by atoms with E-state index >= 15 is 0 Å². The van der Waals surface area contributed by atoms with E-state index < -0.39 is 0 Å². The molecule has 2 aromatic carbocycles. The van der Waals surface area contributed by atoms with E-state index in [4.69, 9.17) is 4.42 Å². The Morgan fingerprint density at radius 2 is 1.44 bits per heavy atom. The Balaban J connectivity index is 1.97. The van der Waals surface area contributed by atoms with Crippen LogP contribution in [0.2, 0.25) is 0 Å². The largest absolute Gasteiger partial charge is 0.464 e. The van der Waals surface area contributed by atoms with Gasteiger partial charge in [0, 0.05) is 15.6 Å². The number of hydrogen-bond acceptors (Lipinski definition) is 1. The van der Waals surface area contributed by atoms with Gasteiger partial charge in [-0.2, -0.15) is 0 Å². The number of hydrogen-bond donors (Lipinski definition) is 0. The van der Waals surface area contributed by atoms with Crippen molar-refractivity contribution in [1.29, 1.82) is 0 Å². The van der Waals surface area contributed by atoms with Crippen LogP contribution in [0.1, 0.15) is 0 Å². The third-order valence-corrected chi connectivity index (χ3v) is 3.36. The summed E-state index contributed by atoms with van der Waals surface area (Å²) in [5.41, 5.74) is 3.36. The molecule has 1 aromatic heterocycles. The van der Waals surface area contributed by atoms with Gasteiger partial charge in [0.2, 0.25) is 0 Å². The minimum Gasteiger partial charge on any atom is -0.464 e. The highest BCUT2D eigenvalue weighted by molar-refractivity contribution is 9.10. The van der Waals surface area contributed by atoms with Crippen molar-refractivity contribution in [2.45, 2.75) is 0 Å². The average Bonchev–Trinajstić information content (AvgIpc) is 2.90. The van der Waals surface area contributed by atoms with E-state index in [1.165, 1.54) is 5.56 Å². The first kappa shape index (κ1) is 11.3. The van der Waals surface area contributed by atoms with Crippen LogP contribution >= 0.6 is 15.9 Å². The molecule has 0 aliphatic heterocycles. The van der Waals surface area contributed by atoms with Gasteiger partial charge in [0.15, 0.2) is 0 Å². The second kappa shape index (κ2) is 4.83. The van der Waals surface area contributed by atoms with Crippen LogP contribution in [-0.2, 0) is 0 Å². The molecule has 0 atom stereocenters. The second-order valence-electron chi connectivity index (χ2n) is 4.07. The summed E-state index contributed by atoms with van der Waals surface area (Å²) in [7, 11) is 0. The molecule has 0 spiro atoms. The van der Waals surface area contributed by atoms with Crippen LogP contribution in [0.3, 0.4) is 0 Å². The number of rotatable bonds is 2. The third kappa shape index (κ3) is 2.24. The number of halogens is 1. The Hall–Kier alpha value is -1.80. The Morgan fingerprint density at radius 3 is 2.17 bits per heavy atom. The summed E-state index contributed by atoms with van der Waals surface area (Å²) >= 11 is 3.43. The molecule has 0 aliphatic carbocycles. The van der Waals surface area contributed by atoms with Gasteiger partial charge < -0.3 is 4.42 Å². The molecule has 18 heavy (non-hydrogen) atoms. The van der Waals surface area contributed by atoms with E-state index in [2.05, 4.69) is 34.1 Å². The van der Waals surface area contributed by atoms with E-state index in [1.807, 2.05) is 42.5 Å². The molecule has 0 aliphatic rings. The molecule has 0 fully saturated rings. The Labute approximate surface area is 114 Å².